The number of nitrogens with one attached hydrogen (secondary N) is 2. The van der Waals surface area contributed by atoms with Crippen LogP contribution in [0.5, 0.6) is 0 Å². The lowest BCUT2D eigenvalue weighted by atomic mass is 9.89. The molecular weight excluding hydrogens is 380 g/mol. The number of nitrogens with zero attached hydrogens (tertiary/aromatic N) is 4. The second kappa shape index (κ2) is 8.77. The van der Waals surface area contributed by atoms with Gasteiger partial charge in [0.1, 0.15) is 12.7 Å². The van der Waals surface area contributed by atoms with Crippen LogP contribution in [0, 0.1) is 5.92 Å². The Balaban J connectivity index is 1.51. The van der Waals surface area contributed by atoms with Gasteiger partial charge in [-0.15, -0.1) is 0 Å². The molecule has 2 heterocycles. The summed E-state index contributed by atoms with van der Waals surface area (Å²) in [6.45, 7) is 4.43. The highest BCUT2D eigenvalue weighted by molar-refractivity contribution is 5.64. The molecule has 4 rings (SSSR count). The number of benzene rings is 2. The summed E-state index contributed by atoms with van der Waals surface area (Å²) in [5, 5.41) is 11.5. The van der Waals surface area contributed by atoms with Crippen molar-refractivity contribution in [3.63, 3.8) is 0 Å². The van der Waals surface area contributed by atoms with Crippen LogP contribution in [0.15, 0.2) is 70.5 Å². The number of H-pyrrole nitrogens is 1. The molecule has 0 radical (unpaired) electrons. The maximum absolute atomic E-state index is 11.1. The molecule has 4 aromatic rings. The van der Waals surface area contributed by atoms with Gasteiger partial charge in [0, 0.05) is 16.9 Å². The van der Waals surface area contributed by atoms with E-state index in [-0.39, 0.29) is 6.04 Å². The van der Waals surface area contributed by atoms with E-state index in [1.165, 1.54) is 5.56 Å². The molecule has 0 aliphatic heterocycles. The number of hydrogen-bond acceptors (Lipinski definition) is 6. The second-order valence-electron chi connectivity index (χ2n) is 7.16. The van der Waals surface area contributed by atoms with E-state index in [1.807, 2.05) is 28.9 Å². The van der Waals surface area contributed by atoms with Crippen LogP contribution < -0.4 is 11.1 Å². The Bertz CT molecular complexity index is 1110. The monoisotopic (exact) mass is 404 g/mol. The molecule has 2 aromatic carbocycles. The zero-order chi connectivity index (χ0) is 20.9. The summed E-state index contributed by atoms with van der Waals surface area (Å²) in [5.74, 6) is 0.336. The molecule has 0 bridgehead atoms. The minimum atomic E-state index is -0.565. The van der Waals surface area contributed by atoms with Gasteiger partial charge in [0.15, 0.2) is 5.82 Å². The van der Waals surface area contributed by atoms with Gasteiger partial charge in [0.2, 0.25) is 0 Å². The van der Waals surface area contributed by atoms with Gasteiger partial charge in [-0.25, -0.2) is 14.5 Å². The molecule has 1 atom stereocenters. The largest absolute Gasteiger partial charge is 0.439 e. The summed E-state index contributed by atoms with van der Waals surface area (Å²) in [6.07, 6.45) is 5.52. The normalized spacial score (nSPS) is 12.2. The Labute approximate surface area is 174 Å². The molecule has 0 saturated carbocycles. The number of aromatic nitrogens is 5. The second-order valence-corrected chi connectivity index (χ2v) is 7.16. The summed E-state index contributed by atoms with van der Waals surface area (Å²) < 4.78 is 6.50. The number of anilines is 2. The molecule has 0 fully saturated rings. The highest BCUT2D eigenvalue weighted by atomic mass is 16.5. The van der Waals surface area contributed by atoms with E-state index >= 15 is 0 Å². The van der Waals surface area contributed by atoms with Gasteiger partial charge in [-0.1, -0.05) is 44.0 Å². The van der Waals surface area contributed by atoms with Crippen molar-refractivity contribution < 1.29 is 4.52 Å². The van der Waals surface area contributed by atoms with Crippen LogP contribution in [-0.2, 0) is 0 Å². The van der Waals surface area contributed by atoms with Gasteiger partial charge >= 0.3 is 5.76 Å². The van der Waals surface area contributed by atoms with Crippen molar-refractivity contribution in [2.24, 2.45) is 5.92 Å². The van der Waals surface area contributed by atoms with E-state index in [0.29, 0.717) is 11.7 Å². The molecule has 154 valence electrons. The van der Waals surface area contributed by atoms with E-state index in [4.69, 9.17) is 0 Å². The van der Waals surface area contributed by atoms with Crippen molar-refractivity contribution in [2.45, 2.75) is 32.7 Å². The maximum atomic E-state index is 11.1. The Hall–Kier alpha value is -3.68. The van der Waals surface area contributed by atoms with Gasteiger partial charge in [0.25, 0.3) is 0 Å². The minimum Gasteiger partial charge on any atom is -0.356 e. The number of hydrogen-bond donors (Lipinski definition) is 2. The fourth-order valence-corrected chi connectivity index (χ4v) is 3.73. The zero-order valence-corrected chi connectivity index (χ0v) is 16.9. The molecule has 8 heteroatoms. The molecule has 2 aromatic heterocycles. The van der Waals surface area contributed by atoms with Crippen LogP contribution in [-0.4, -0.2) is 24.9 Å². The lowest BCUT2D eigenvalue weighted by molar-refractivity contribution is 0.332. The zero-order valence-electron chi connectivity index (χ0n) is 16.9. The first-order valence-corrected chi connectivity index (χ1v) is 10.1. The van der Waals surface area contributed by atoms with E-state index in [2.05, 4.69) is 68.2 Å². The van der Waals surface area contributed by atoms with Crippen molar-refractivity contribution in [3.8, 4) is 11.4 Å². The molecule has 0 amide bonds. The third-order valence-corrected chi connectivity index (χ3v) is 5.36. The van der Waals surface area contributed by atoms with Crippen LogP contribution in [0.25, 0.3) is 11.4 Å². The van der Waals surface area contributed by atoms with Gasteiger partial charge in [-0.2, -0.15) is 5.10 Å². The smallest absolute Gasteiger partial charge is 0.356 e. The molecule has 0 saturated heterocycles. The number of aromatic amines is 1. The fraction of sp³-hybridized carbons (Fsp3) is 0.273. The topological polar surface area (TPSA) is 102 Å². The molecule has 8 nitrogen and oxygen atoms in total. The van der Waals surface area contributed by atoms with Crippen molar-refractivity contribution in [2.75, 3.05) is 5.32 Å². The Kier molecular flexibility index (Phi) is 5.74. The van der Waals surface area contributed by atoms with Gasteiger partial charge in [-0.3, -0.25) is 9.51 Å². The fourth-order valence-electron chi connectivity index (χ4n) is 3.73. The van der Waals surface area contributed by atoms with Crippen molar-refractivity contribution in [1.82, 2.24) is 24.9 Å². The van der Waals surface area contributed by atoms with Crippen molar-refractivity contribution >= 4 is 11.4 Å². The highest BCUT2D eigenvalue weighted by Crippen LogP contribution is 2.31. The maximum Gasteiger partial charge on any atom is 0.439 e. The standard InChI is InChI=1S/C22H24N6O2/c1-3-15(4-2)20(28-14-23-13-24-28)16-5-9-18(10-6-16)25-19-11-7-17(8-12-19)21-26-22(29)30-27-21/h5-15,20,25H,3-4H2,1-2H3,(H,26,27,29). The summed E-state index contributed by atoms with van der Waals surface area (Å²) in [4.78, 5) is 17.8. The van der Waals surface area contributed by atoms with Crippen LogP contribution in [0.2, 0.25) is 0 Å². The van der Waals surface area contributed by atoms with Crippen LogP contribution in [0.1, 0.15) is 38.3 Å². The lowest BCUT2D eigenvalue weighted by Crippen LogP contribution is -2.20. The Morgan fingerprint density at radius 3 is 2.23 bits per heavy atom. The summed E-state index contributed by atoms with van der Waals surface area (Å²) in [6, 6.07) is 16.2. The van der Waals surface area contributed by atoms with Crippen LogP contribution in [0.3, 0.4) is 0 Å². The molecule has 0 aliphatic carbocycles. The third kappa shape index (κ3) is 4.17. The Morgan fingerprint density at radius 1 is 1.03 bits per heavy atom. The minimum absolute atomic E-state index is 0.167. The Morgan fingerprint density at radius 2 is 1.70 bits per heavy atom. The van der Waals surface area contributed by atoms with E-state index < -0.39 is 5.76 Å². The van der Waals surface area contributed by atoms with Gasteiger partial charge < -0.3 is 5.32 Å². The molecule has 0 spiro atoms. The quantitative estimate of drug-likeness (QED) is 0.452. The first kappa shape index (κ1) is 19.6. The van der Waals surface area contributed by atoms with Gasteiger partial charge in [0.05, 0.1) is 6.04 Å². The van der Waals surface area contributed by atoms with E-state index in [1.54, 1.807) is 12.7 Å². The number of rotatable bonds is 8. The predicted molar refractivity (Wildman–Crippen MR) is 115 cm³/mol. The molecule has 0 aliphatic rings. The first-order chi connectivity index (χ1) is 14.7. The highest BCUT2D eigenvalue weighted by Gasteiger charge is 2.23. The summed E-state index contributed by atoms with van der Waals surface area (Å²) >= 11 is 0. The SMILES string of the molecule is CCC(CC)C(c1ccc(Nc2ccc(-c3noc(=O)[nH]3)cc2)cc1)n1cncn1. The molecule has 1 unspecified atom stereocenters. The van der Waals surface area contributed by atoms with Crippen molar-refractivity contribution in [1.29, 1.82) is 0 Å². The summed E-state index contributed by atoms with van der Waals surface area (Å²) in [7, 11) is 0. The molecule has 30 heavy (non-hydrogen) atoms. The molecular formula is C22H24N6O2. The first-order valence-electron chi connectivity index (χ1n) is 10.1. The third-order valence-electron chi connectivity index (χ3n) is 5.36. The van der Waals surface area contributed by atoms with E-state index in [9.17, 15) is 4.79 Å². The lowest BCUT2D eigenvalue weighted by Gasteiger charge is -2.26. The van der Waals surface area contributed by atoms with E-state index in [0.717, 1.165) is 29.8 Å². The van der Waals surface area contributed by atoms with Crippen LogP contribution in [0.4, 0.5) is 11.4 Å². The summed E-state index contributed by atoms with van der Waals surface area (Å²) in [5.41, 5.74) is 3.92. The van der Waals surface area contributed by atoms with Crippen LogP contribution >= 0.6 is 0 Å². The predicted octanol–water partition coefficient (Wildman–Crippen LogP) is 4.39. The average molecular weight is 404 g/mol. The van der Waals surface area contributed by atoms with Crippen molar-refractivity contribution in [3.05, 3.63) is 77.3 Å². The van der Waals surface area contributed by atoms with Gasteiger partial charge in [-0.05, 0) is 47.9 Å². The average Bonchev–Trinajstić information content (AvgIpc) is 3.45. The molecule has 2 N–H and O–H groups in total.